The molecule has 0 aliphatic heterocycles. The Morgan fingerprint density at radius 1 is 0.939 bits per heavy atom. The van der Waals surface area contributed by atoms with Gasteiger partial charge in [-0.05, 0) is 37.3 Å². The molecule has 1 rings (SSSR count). The molecule has 0 aliphatic rings. The van der Waals surface area contributed by atoms with Gasteiger partial charge in [0.05, 0.1) is 6.54 Å². The van der Waals surface area contributed by atoms with E-state index in [1.807, 2.05) is 37.3 Å². The molecule has 1 aromatic rings. The van der Waals surface area contributed by atoms with E-state index in [-0.39, 0.29) is 25.3 Å². The van der Waals surface area contributed by atoms with Crippen LogP contribution < -0.4 is 27.4 Å². The summed E-state index contributed by atoms with van der Waals surface area (Å²) >= 11 is 0. The van der Waals surface area contributed by atoms with E-state index in [9.17, 15) is 24.3 Å². The van der Waals surface area contributed by atoms with Gasteiger partial charge in [-0.1, -0.05) is 50.6 Å². The average Bonchev–Trinajstić information content (AvgIpc) is 2.81. The Morgan fingerprint density at radius 3 is 2.12 bits per heavy atom. The van der Waals surface area contributed by atoms with E-state index in [2.05, 4.69) is 16.0 Å². The van der Waals surface area contributed by atoms with Gasteiger partial charge in [0.25, 0.3) is 0 Å². The highest BCUT2D eigenvalue weighted by Crippen LogP contribution is 2.10. The summed E-state index contributed by atoms with van der Waals surface area (Å²) in [6, 6.07) is 6.13. The fourth-order valence-corrected chi connectivity index (χ4v) is 3.28. The minimum Gasteiger partial charge on any atom is -0.480 e. The highest BCUT2D eigenvalue weighted by molar-refractivity contribution is 5.93. The molecule has 8 N–H and O–H groups in total. The lowest BCUT2D eigenvalue weighted by molar-refractivity contribution is -0.143. The molecule has 3 amide bonds. The number of nitrogens with two attached hydrogens (primary N) is 2. The van der Waals surface area contributed by atoms with Gasteiger partial charge < -0.3 is 32.5 Å². The third-order valence-corrected chi connectivity index (χ3v) is 5.48. The van der Waals surface area contributed by atoms with Crippen LogP contribution in [0.25, 0.3) is 0 Å². The molecule has 1 aromatic carbocycles. The van der Waals surface area contributed by atoms with Crippen LogP contribution >= 0.6 is 0 Å². The third kappa shape index (κ3) is 10.0. The summed E-state index contributed by atoms with van der Waals surface area (Å²) < 4.78 is 0. The van der Waals surface area contributed by atoms with Crippen molar-refractivity contribution in [1.29, 1.82) is 0 Å². The molecule has 184 valence electrons. The van der Waals surface area contributed by atoms with Crippen molar-refractivity contribution in [1.82, 2.24) is 16.0 Å². The van der Waals surface area contributed by atoms with Gasteiger partial charge >= 0.3 is 5.97 Å². The maximum Gasteiger partial charge on any atom is 0.326 e. The first-order chi connectivity index (χ1) is 15.7. The molecule has 0 saturated heterocycles. The Balaban J connectivity index is 3.02. The van der Waals surface area contributed by atoms with Gasteiger partial charge in [0.15, 0.2) is 0 Å². The van der Waals surface area contributed by atoms with Gasteiger partial charge in [-0.2, -0.15) is 0 Å². The van der Waals surface area contributed by atoms with Crippen LogP contribution in [0.15, 0.2) is 30.3 Å². The Labute approximate surface area is 194 Å². The minimum atomic E-state index is -1.14. The monoisotopic (exact) mass is 463 g/mol. The highest BCUT2D eigenvalue weighted by atomic mass is 16.4. The van der Waals surface area contributed by atoms with Gasteiger partial charge in [0.2, 0.25) is 17.7 Å². The van der Waals surface area contributed by atoms with E-state index < -0.39 is 41.8 Å². The van der Waals surface area contributed by atoms with Gasteiger partial charge in [0, 0.05) is 6.42 Å². The van der Waals surface area contributed by atoms with Crippen molar-refractivity contribution in [3.63, 3.8) is 0 Å². The van der Waals surface area contributed by atoms with Crippen molar-refractivity contribution >= 4 is 23.7 Å². The molecular formula is C23H37N5O5. The predicted octanol–water partition coefficient (Wildman–Crippen LogP) is -0.0981. The number of carboxylic acid groups (broad SMARTS) is 1. The Bertz CT molecular complexity index is 774. The Kier molecular flexibility index (Phi) is 12.7. The minimum absolute atomic E-state index is 0.209. The summed E-state index contributed by atoms with van der Waals surface area (Å²) in [4.78, 5) is 49.5. The van der Waals surface area contributed by atoms with Gasteiger partial charge in [-0.3, -0.25) is 14.4 Å². The lowest BCUT2D eigenvalue weighted by Gasteiger charge is -2.26. The number of amides is 3. The van der Waals surface area contributed by atoms with E-state index in [1.54, 1.807) is 6.92 Å². The topological polar surface area (TPSA) is 177 Å². The first kappa shape index (κ1) is 28.1. The molecule has 10 nitrogen and oxygen atoms in total. The predicted molar refractivity (Wildman–Crippen MR) is 125 cm³/mol. The Morgan fingerprint density at radius 2 is 1.58 bits per heavy atom. The lowest BCUT2D eigenvalue weighted by atomic mass is 9.98. The molecule has 10 heteroatoms. The van der Waals surface area contributed by atoms with E-state index in [4.69, 9.17) is 11.5 Å². The first-order valence-electron chi connectivity index (χ1n) is 11.3. The van der Waals surface area contributed by atoms with Crippen LogP contribution in [0.1, 0.15) is 45.1 Å². The van der Waals surface area contributed by atoms with Crippen LogP contribution in [0, 0.1) is 5.92 Å². The number of carbonyl (C=O) groups excluding carboxylic acids is 3. The number of rotatable bonds is 15. The average molecular weight is 464 g/mol. The van der Waals surface area contributed by atoms with Crippen molar-refractivity contribution in [3.8, 4) is 0 Å². The molecular weight excluding hydrogens is 426 g/mol. The van der Waals surface area contributed by atoms with Crippen LogP contribution in [0.4, 0.5) is 0 Å². The zero-order valence-electron chi connectivity index (χ0n) is 19.4. The van der Waals surface area contributed by atoms with E-state index in [0.29, 0.717) is 25.8 Å². The van der Waals surface area contributed by atoms with E-state index >= 15 is 0 Å². The molecule has 0 fully saturated rings. The fourth-order valence-electron chi connectivity index (χ4n) is 3.28. The highest BCUT2D eigenvalue weighted by Gasteiger charge is 2.31. The van der Waals surface area contributed by atoms with Crippen molar-refractivity contribution in [2.75, 3.05) is 13.1 Å². The second-order valence-corrected chi connectivity index (χ2v) is 8.07. The van der Waals surface area contributed by atoms with Crippen molar-refractivity contribution < 1.29 is 24.3 Å². The van der Waals surface area contributed by atoms with Crippen molar-refractivity contribution in [2.45, 2.75) is 64.1 Å². The number of nitrogens with one attached hydrogen (secondary N) is 3. The van der Waals surface area contributed by atoms with Gasteiger partial charge in [-0.15, -0.1) is 0 Å². The normalized spacial score (nSPS) is 14.4. The molecule has 0 saturated carbocycles. The number of aliphatic carboxylic acids is 1. The van der Waals surface area contributed by atoms with Crippen LogP contribution in [0.5, 0.6) is 0 Å². The molecule has 0 heterocycles. The molecule has 0 bridgehead atoms. The number of benzene rings is 1. The molecule has 0 spiro atoms. The second kappa shape index (κ2) is 15.0. The van der Waals surface area contributed by atoms with E-state index in [0.717, 1.165) is 5.56 Å². The zero-order chi connectivity index (χ0) is 24.8. The zero-order valence-corrected chi connectivity index (χ0v) is 19.4. The second-order valence-electron chi connectivity index (χ2n) is 8.07. The van der Waals surface area contributed by atoms with Crippen LogP contribution in [0.2, 0.25) is 0 Å². The summed E-state index contributed by atoms with van der Waals surface area (Å²) in [6.07, 6.45) is 2.26. The standard InChI is InChI=1S/C23H37N5O5/c1-3-15(2)20(23(32)33)28-21(30)17(11-7-8-12-24)27-22(31)18(26-19(29)14-25)13-16-9-5-4-6-10-16/h4-6,9-10,15,17-18,20H,3,7-8,11-14,24-25H2,1-2H3,(H,26,29)(H,27,31)(H,28,30)(H,32,33). The maximum absolute atomic E-state index is 13.1. The first-order valence-corrected chi connectivity index (χ1v) is 11.3. The molecule has 4 unspecified atom stereocenters. The molecule has 0 aromatic heterocycles. The Hall–Kier alpha value is -2.98. The summed E-state index contributed by atoms with van der Waals surface area (Å²) in [5, 5.41) is 17.3. The third-order valence-electron chi connectivity index (χ3n) is 5.48. The summed E-state index contributed by atoms with van der Waals surface area (Å²) in [7, 11) is 0. The van der Waals surface area contributed by atoms with Crippen LogP contribution in [-0.4, -0.2) is 60.0 Å². The van der Waals surface area contributed by atoms with E-state index in [1.165, 1.54) is 0 Å². The number of hydrogen-bond acceptors (Lipinski definition) is 6. The number of carbonyl (C=O) groups is 4. The molecule has 4 atom stereocenters. The number of unbranched alkanes of at least 4 members (excludes halogenated alkanes) is 1. The largest absolute Gasteiger partial charge is 0.480 e. The van der Waals surface area contributed by atoms with Crippen molar-refractivity contribution in [2.24, 2.45) is 17.4 Å². The molecule has 33 heavy (non-hydrogen) atoms. The van der Waals surface area contributed by atoms with Crippen molar-refractivity contribution in [3.05, 3.63) is 35.9 Å². The van der Waals surface area contributed by atoms with Crippen LogP contribution in [0.3, 0.4) is 0 Å². The number of hydrogen-bond donors (Lipinski definition) is 6. The van der Waals surface area contributed by atoms with Gasteiger partial charge in [0.1, 0.15) is 18.1 Å². The number of carboxylic acids is 1. The SMILES string of the molecule is CCC(C)C(NC(=O)C(CCCCN)NC(=O)C(Cc1ccccc1)NC(=O)CN)C(=O)O. The quantitative estimate of drug-likeness (QED) is 0.197. The fraction of sp³-hybridized carbons (Fsp3) is 0.565. The lowest BCUT2D eigenvalue weighted by Crippen LogP contribution is -2.57. The summed E-state index contributed by atoms with van der Waals surface area (Å²) in [6.45, 7) is 3.71. The summed E-state index contributed by atoms with van der Waals surface area (Å²) in [5.74, 6) is -3.07. The summed E-state index contributed by atoms with van der Waals surface area (Å²) in [5.41, 5.74) is 11.8. The molecule has 0 aliphatic carbocycles. The van der Waals surface area contributed by atoms with Crippen LogP contribution in [-0.2, 0) is 25.6 Å². The molecule has 0 radical (unpaired) electrons. The maximum atomic E-state index is 13.1. The van der Waals surface area contributed by atoms with Gasteiger partial charge in [-0.25, -0.2) is 4.79 Å². The smallest absolute Gasteiger partial charge is 0.326 e.